The second kappa shape index (κ2) is 5.57. The monoisotopic (exact) mass is 292 g/mol. The van der Waals surface area contributed by atoms with E-state index in [-0.39, 0.29) is 5.15 Å². The molecule has 2 nitrogen and oxygen atoms in total. The van der Waals surface area contributed by atoms with Crippen LogP contribution in [-0.4, -0.2) is 18.1 Å². The topological polar surface area (TPSA) is 16.1 Å². The van der Waals surface area contributed by atoms with Crippen LogP contribution in [0, 0.1) is 5.92 Å². The maximum atomic E-state index is 12.8. The molecule has 2 rings (SSSR count). The summed E-state index contributed by atoms with van der Waals surface area (Å²) in [6.07, 6.45) is -1.25. The quantitative estimate of drug-likeness (QED) is 0.752. The Labute approximate surface area is 115 Å². The minimum atomic E-state index is -4.39. The molecule has 1 aromatic heterocycles. The summed E-state index contributed by atoms with van der Waals surface area (Å²) in [5.74, 6) is 0.849. The summed E-state index contributed by atoms with van der Waals surface area (Å²) < 4.78 is 38.3. The van der Waals surface area contributed by atoms with Crippen molar-refractivity contribution in [3.8, 4) is 0 Å². The van der Waals surface area contributed by atoms with Gasteiger partial charge in [-0.15, -0.1) is 0 Å². The Morgan fingerprint density at radius 1 is 1.42 bits per heavy atom. The zero-order valence-electron chi connectivity index (χ0n) is 10.7. The van der Waals surface area contributed by atoms with E-state index in [0.29, 0.717) is 11.7 Å². The van der Waals surface area contributed by atoms with E-state index >= 15 is 0 Å². The molecule has 2 heterocycles. The lowest BCUT2D eigenvalue weighted by atomic mass is 9.95. The van der Waals surface area contributed by atoms with E-state index in [9.17, 15) is 13.2 Å². The van der Waals surface area contributed by atoms with Crippen LogP contribution in [0.3, 0.4) is 0 Å². The first kappa shape index (κ1) is 14.4. The average Bonchev–Trinajstić information content (AvgIpc) is 2.37. The van der Waals surface area contributed by atoms with Gasteiger partial charge in [0.15, 0.2) is 0 Å². The molecule has 0 N–H and O–H groups in total. The van der Waals surface area contributed by atoms with Gasteiger partial charge in [-0.05, 0) is 30.9 Å². The zero-order chi connectivity index (χ0) is 14.0. The molecule has 0 radical (unpaired) electrons. The molecular formula is C13H16ClF3N2. The molecule has 19 heavy (non-hydrogen) atoms. The van der Waals surface area contributed by atoms with E-state index in [0.717, 1.165) is 44.5 Å². The first-order valence-corrected chi connectivity index (χ1v) is 6.77. The van der Waals surface area contributed by atoms with E-state index in [1.54, 1.807) is 0 Å². The van der Waals surface area contributed by atoms with Crippen LogP contribution in [-0.2, 0) is 6.18 Å². The standard InChI is InChI=1S/C13H16ClF3N2/c1-2-9-4-3-5-19(8-9)12-7-10(13(15,16)17)6-11(14)18-12/h6-7,9H,2-5,8H2,1H3. The van der Waals surface area contributed by atoms with Crippen molar-refractivity contribution in [1.29, 1.82) is 0 Å². The van der Waals surface area contributed by atoms with Gasteiger partial charge in [-0.3, -0.25) is 0 Å². The van der Waals surface area contributed by atoms with Gasteiger partial charge in [0.05, 0.1) is 5.56 Å². The minimum Gasteiger partial charge on any atom is -0.356 e. The third-order valence-corrected chi connectivity index (χ3v) is 3.72. The molecular weight excluding hydrogens is 277 g/mol. The van der Waals surface area contributed by atoms with Crippen molar-refractivity contribution < 1.29 is 13.2 Å². The van der Waals surface area contributed by atoms with Gasteiger partial charge in [-0.2, -0.15) is 13.2 Å². The Hall–Kier alpha value is -0.970. The van der Waals surface area contributed by atoms with Crippen molar-refractivity contribution in [2.45, 2.75) is 32.4 Å². The van der Waals surface area contributed by atoms with E-state index in [4.69, 9.17) is 11.6 Å². The molecule has 1 aliphatic rings. The lowest BCUT2D eigenvalue weighted by Gasteiger charge is -2.33. The van der Waals surface area contributed by atoms with Gasteiger partial charge in [0.1, 0.15) is 11.0 Å². The smallest absolute Gasteiger partial charge is 0.356 e. The molecule has 1 fully saturated rings. The molecule has 0 bridgehead atoms. The molecule has 106 valence electrons. The van der Waals surface area contributed by atoms with E-state index in [1.807, 2.05) is 4.90 Å². The maximum Gasteiger partial charge on any atom is 0.416 e. The highest BCUT2D eigenvalue weighted by molar-refractivity contribution is 6.29. The van der Waals surface area contributed by atoms with Crippen LogP contribution >= 0.6 is 11.6 Å². The van der Waals surface area contributed by atoms with Crippen molar-refractivity contribution in [2.75, 3.05) is 18.0 Å². The van der Waals surface area contributed by atoms with Crippen molar-refractivity contribution in [1.82, 2.24) is 4.98 Å². The number of piperidine rings is 1. The largest absolute Gasteiger partial charge is 0.416 e. The number of aromatic nitrogens is 1. The van der Waals surface area contributed by atoms with Gasteiger partial charge in [0, 0.05) is 13.1 Å². The van der Waals surface area contributed by atoms with Gasteiger partial charge in [0.25, 0.3) is 0 Å². The van der Waals surface area contributed by atoms with Crippen molar-refractivity contribution in [3.05, 3.63) is 22.8 Å². The highest BCUT2D eigenvalue weighted by Gasteiger charge is 2.32. The molecule has 0 saturated carbocycles. The number of halogens is 4. The van der Waals surface area contributed by atoms with Crippen LogP contribution < -0.4 is 4.90 Å². The second-order valence-corrected chi connectivity index (χ2v) is 5.28. The van der Waals surface area contributed by atoms with E-state index < -0.39 is 11.7 Å². The number of anilines is 1. The number of nitrogens with zero attached hydrogens (tertiary/aromatic N) is 2. The summed E-state index contributed by atoms with van der Waals surface area (Å²) in [5, 5.41) is -0.108. The highest BCUT2D eigenvalue weighted by atomic mass is 35.5. The molecule has 0 amide bonds. The second-order valence-electron chi connectivity index (χ2n) is 4.90. The van der Waals surface area contributed by atoms with Crippen LogP contribution in [0.4, 0.5) is 19.0 Å². The van der Waals surface area contributed by atoms with Crippen LogP contribution in [0.2, 0.25) is 5.15 Å². The van der Waals surface area contributed by atoms with Crippen LogP contribution in [0.5, 0.6) is 0 Å². The summed E-state index contributed by atoms with van der Waals surface area (Å²) in [7, 11) is 0. The maximum absolute atomic E-state index is 12.8. The molecule has 1 saturated heterocycles. The van der Waals surface area contributed by atoms with Gasteiger partial charge in [-0.25, -0.2) is 4.98 Å². The number of alkyl halides is 3. The molecule has 1 aliphatic heterocycles. The lowest BCUT2D eigenvalue weighted by molar-refractivity contribution is -0.137. The van der Waals surface area contributed by atoms with Crippen LogP contribution in [0.25, 0.3) is 0 Å². The average molecular weight is 293 g/mol. The van der Waals surface area contributed by atoms with Crippen molar-refractivity contribution in [3.63, 3.8) is 0 Å². The Morgan fingerprint density at radius 3 is 2.79 bits per heavy atom. The van der Waals surface area contributed by atoms with E-state index in [2.05, 4.69) is 11.9 Å². The number of hydrogen-bond donors (Lipinski definition) is 0. The lowest BCUT2D eigenvalue weighted by Crippen LogP contribution is -2.35. The normalized spacial score (nSPS) is 20.7. The fourth-order valence-corrected chi connectivity index (χ4v) is 2.62. The predicted molar refractivity (Wildman–Crippen MR) is 69.5 cm³/mol. The van der Waals surface area contributed by atoms with Gasteiger partial charge in [0.2, 0.25) is 0 Å². The molecule has 1 unspecified atom stereocenters. The van der Waals surface area contributed by atoms with Crippen LogP contribution in [0.15, 0.2) is 12.1 Å². The first-order valence-electron chi connectivity index (χ1n) is 6.40. The highest BCUT2D eigenvalue weighted by Crippen LogP contribution is 2.34. The van der Waals surface area contributed by atoms with Crippen molar-refractivity contribution in [2.24, 2.45) is 5.92 Å². The molecule has 1 atom stereocenters. The SMILES string of the molecule is CCC1CCCN(c2cc(C(F)(F)F)cc(Cl)n2)C1. The first-order chi connectivity index (χ1) is 8.90. The Balaban J connectivity index is 2.26. The van der Waals surface area contributed by atoms with Crippen molar-refractivity contribution >= 4 is 17.4 Å². The Morgan fingerprint density at radius 2 is 2.16 bits per heavy atom. The molecule has 0 spiro atoms. The zero-order valence-corrected chi connectivity index (χ0v) is 11.4. The van der Waals surface area contributed by atoms with Gasteiger partial charge < -0.3 is 4.90 Å². The fraction of sp³-hybridized carbons (Fsp3) is 0.615. The number of hydrogen-bond acceptors (Lipinski definition) is 2. The minimum absolute atomic E-state index is 0.108. The molecule has 1 aromatic rings. The molecule has 0 aromatic carbocycles. The number of pyridine rings is 1. The Bertz CT molecular complexity index is 448. The van der Waals surface area contributed by atoms with Crippen LogP contribution in [0.1, 0.15) is 31.7 Å². The molecule has 6 heteroatoms. The third kappa shape index (κ3) is 3.53. The summed E-state index contributed by atoms with van der Waals surface area (Å²) in [6, 6.07) is 1.95. The summed E-state index contributed by atoms with van der Waals surface area (Å²) in [4.78, 5) is 5.93. The summed E-state index contributed by atoms with van der Waals surface area (Å²) >= 11 is 5.71. The summed E-state index contributed by atoms with van der Waals surface area (Å²) in [5.41, 5.74) is -0.735. The predicted octanol–water partition coefficient (Wildman–Crippen LogP) is 4.38. The van der Waals surface area contributed by atoms with Gasteiger partial charge in [-0.1, -0.05) is 24.9 Å². The number of rotatable bonds is 2. The molecule has 0 aliphatic carbocycles. The summed E-state index contributed by atoms with van der Waals surface area (Å²) in [6.45, 7) is 3.59. The third-order valence-electron chi connectivity index (χ3n) is 3.53. The van der Waals surface area contributed by atoms with E-state index in [1.165, 1.54) is 0 Å². The Kier molecular flexibility index (Phi) is 4.23. The fourth-order valence-electron chi connectivity index (χ4n) is 2.42. The van der Waals surface area contributed by atoms with Gasteiger partial charge >= 0.3 is 6.18 Å².